The molecule has 0 bridgehead atoms. The molecule has 0 saturated heterocycles. The van der Waals surface area contributed by atoms with Gasteiger partial charge in [-0.2, -0.15) is 13.2 Å². The number of carbonyl (C=O) groups excluding carboxylic acids is 2. The highest BCUT2D eigenvalue weighted by Gasteiger charge is 2.31. The molecule has 0 radical (unpaired) electrons. The Hall–Kier alpha value is -4.01. The van der Waals surface area contributed by atoms with Gasteiger partial charge in [-0.1, -0.05) is 37.3 Å². The van der Waals surface area contributed by atoms with Gasteiger partial charge < -0.3 is 5.32 Å². The van der Waals surface area contributed by atoms with Gasteiger partial charge in [-0.25, -0.2) is 9.98 Å². The molecule has 0 saturated carbocycles. The van der Waals surface area contributed by atoms with E-state index in [9.17, 15) is 22.8 Å². The van der Waals surface area contributed by atoms with Gasteiger partial charge in [0.1, 0.15) is 12.2 Å². The minimum absolute atomic E-state index is 0.0173. The van der Waals surface area contributed by atoms with Crippen LogP contribution in [-0.2, 0) is 22.2 Å². The lowest BCUT2D eigenvalue weighted by Gasteiger charge is -2.20. The highest BCUT2D eigenvalue weighted by Crippen LogP contribution is 2.32. The van der Waals surface area contributed by atoms with Crippen LogP contribution in [0.2, 0.25) is 0 Å². The zero-order valence-corrected chi connectivity index (χ0v) is 18.3. The second kappa shape index (κ2) is 9.46. The average Bonchev–Trinajstić information content (AvgIpc) is 2.95. The SMILES string of the molecule is CCc1ccc(C2=Nc3cccnc3N(CC(=O)Nc3cccc(C(F)(F)F)c3)C(=O)C2)cc1. The van der Waals surface area contributed by atoms with E-state index in [1.165, 1.54) is 23.2 Å². The first-order chi connectivity index (χ1) is 16.2. The molecule has 0 unspecified atom stereocenters. The normalized spacial score (nSPS) is 13.7. The number of carbonyl (C=O) groups is 2. The summed E-state index contributed by atoms with van der Waals surface area (Å²) in [5.74, 6) is -0.832. The third-order valence-electron chi connectivity index (χ3n) is 5.37. The quantitative estimate of drug-likeness (QED) is 0.565. The van der Waals surface area contributed by atoms with E-state index in [2.05, 4.69) is 15.3 Å². The first-order valence-corrected chi connectivity index (χ1v) is 10.6. The number of fused-ring (bicyclic) bond motifs is 1. The number of alkyl halides is 3. The molecule has 1 aromatic heterocycles. The number of nitrogens with one attached hydrogen (secondary N) is 1. The molecule has 2 aromatic carbocycles. The number of nitrogens with zero attached hydrogens (tertiary/aromatic N) is 3. The van der Waals surface area contributed by atoms with Gasteiger partial charge >= 0.3 is 6.18 Å². The number of hydrogen-bond acceptors (Lipinski definition) is 4. The summed E-state index contributed by atoms with van der Waals surface area (Å²) in [5.41, 5.74) is 2.01. The number of aromatic nitrogens is 1. The van der Waals surface area contributed by atoms with Crippen LogP contribution in [0.25, 0.3) is 0 Å². The lowest BCUT2D eigenvalue weighted by Crippen LogP contribution is -2.39. The Bertz CT molecular complexity index is 1250. The second-order valence-electron chi connectivity index (χ2n) is 7.74. The Balaban J connectivity index is 1.57. The lowest BCUT2D eigenvalue weighted by atomic mass is 10.0. The molecule has 9 heteroatoms. The number of hydrogen-bond donors (Lipinski definition) is 1. The molecule has 1 aliphatic heterocycles. The van der Waals surface area contributed by atoms with Crippen molar-refractivity contribution in [3.05, 3.63) is 83.6 Å². The van der Waals surface area contributed by atoms with Crippen molar-refractivity contribution in [2.24, 2.45) is 4.99 Å². The van der Waals surface area contributed by atoms with Crippen LogP contribution in [-0.4, -0.2) is 29.1 Å². The van der Waals surface area contributed by atoms with Crippen LogP contribution in [0.4, 0.5) is 30.4 Å². The summed E-state index contributed by atoms with van der Waals surface area (Å²) < 4.78 is 38.9. The van der Waals surface area contributed by atoms with Gasteiger partial charge in [0.25, 0.3) is 0 Å². The molecule has 0 aliphatic carbocycles. The van der Waals surface area contributed by atoms with E-state index in [1.807, 2.05) is 31.2 Å². The Kier molecular flexibility index (Phi) is 6.45. The Morgan fingerprint density at radius 2 is 1.85 bits per heavy atom. The van der Waals surface area contributed by atoms with E-state index >= 15 is 0 Å². The Morgan fingerprint density at radius 3 is 2.56 bits per heavy atom. The van der Waals surface area contributed by atoms with E-state index < -0.39 is 30.1 Å². The summed E-state index contributed by atoms with van der Waals surface area (Å²) in [6.45, 7) is 1.63. The molecule has 2 amide bonds. The van der Waals surface area contributed by atoms with Crippen LogP contribution in [0.3, 0.4) is 0 Å². The summed E-state index contributed by atoms with van der Waals surface area (Å²) in [5, 5.41) is 2.43. The third-order valence-corrected chi connectivity index (χ3v) is 5.37. The van der Waals surface area contributed by atoms with Crippen molar-refractivity contribution in [3.8, 4) is 0 Å². The molecule has 174 valence electrons. The maximum atomic E-state index is 13.1. The zero-order valence-electron chi connectivity index (χ0n) is 18.3. The van der Waals surface area contributed by atoms with Gasteiger partial charge in [0, 0.05) is 11.9 Å². The van der Waals surface area contributed by atoms with E-state index in [0.717, 1.165) is 29.7 Å². The molecule has 0 spiro atoms. The Labute approximate surface area is 194 Å². The van der Waals surface area contributed by atoms with Crippen LogP contribution in [0.1, 0.15) is 30.0 Å². The number of halogens is 3. The van der Waals surface area contributed by atoms with Crippen molar-refractivity contribution in [3.63, 3.8) is 0 Å². The molecule has 6 nitrogen and oxygen atoms in total. The van der Waals surface area contributed by atoms with Gasteiger partial charge in [0.2, 0.25) is 11.8 Å². The minimum atomic E-state index is -4.53. The smallest absolute Gasteiger partial charge is 0.325 e. The number of rotatable bonds is 5. The van der Waals surface area contributed by atoms with E-state index in [0.29, 0.717) is 11.4 Å². The third kappa shape index (κ3) is 5.14. The van der Waals surface area contributed by atoms with Crippen LogP contribution in [0.15, 0.2) is 71.9 Å². The first-order valence-electron chi connectivity index (χ1n) is 10.6. The number of benzene rings is 2. The van der Waals surface area contributed by atoms with Crippen LogP contribution >= 0.6 is 0 Å². The summed E-state index contributed by atoms with van der Waals surface area (Å²) in [4.78, 5) is 35.9. The number of aliphatic imine (C=N–C) groups is 1. The molecule has 4 rings (SSSR count). The summed E-state index contributed by atoms with van der Waals surface area (Å²) in [6, 6.07) is 15.4. The van der Waals surface area contributed by atoms with E-state index in [1.54, 1.807) is 12.1 Å². The van der Waals surface area contributed by atoms with E-state index in [4.69, 9.17) is 0 Å². The number of pyridine rings is 1. The van der Waals surface area contributed by atoms with Crippen molar-refractivity contribution in [1.82, 2.24) is 4.98 Å². The first kappa shape index (κ1) is 23.2. The van der Waals surface area contributed by atoms with Crippen molar-refractivity contribution in [2.45, 2.75) is 25.9 Å². The standard InChI is InChI=1S/C25H21F3N4O2/c1-2-16-8-10-17(11-9-16)21-14-23(34)32(24-20(31-21)7-4-12-29-24)15-22(33)30-19-6-3-5-18(13-19)25(26,27)28/h3-13H,2,14-15H2,1H3,(H,30,33). The maximum absolute atomic E-state index is 13.1. The molecule has 1 aliphatic rings. The topological polar surface area (TPSA) is 74.7 Å². The number of amides is 2. The summed E-state index contributed by atoms with van der Waals surface area (Å²) >= 11 is 0. The van der Waals surface area contributed by atoms with Crippen molar-refractivity contribution >= 4 is 34.7 Å². The number of anilines is 2. The molecular formula is C25H21F3N4O2. The molecule has 1 N–H and O–H groups in total. The zero-order chi connectivity index (χ0) is 24.3. The van der Waals surface area contributed by atoms with Crippen molar-refractivity contribution < 1.29 is 22.8 Å². The molecule has 3 aromatic rings. The Morgan fingerprint density at radius 1 is 1.09 bits per heavy atom. The fraction of sp³-hybridized carbons (Fsp3) is 0.200. The van der Waals surface area contributed by atoms with Crippen molar-refractivity contribution in [2.75, 3.05) is 16.8 Å². The number of aryl methyl sites for hydroxylation is 1. The fourth-order valence-corrected chi connectivity index (χ4v) is 3.61. The molecule has 2 heterocycles. The van der Waals surface area contributed by atoms with Crippen LogP contribution < -0.4 is 10.2 Å². The van der Waals surface area contributed by atoms with Crippen LogP contribution in [0.5, 0.6) is 0 Å². The van der Waals surface area contributed by atoms with Gasteiger partial charge in [-0.05, 0) is 47.9 Å². The summed E-state index contributed by atoms with van der Waals surface area (Å²) in [7, 11) is 0. The highest BCUT2D eigenvalue weighted by atomic mass is 19.4. The van der Waals surface area contributed by atoms with Gasteiger partial charge in [-0.15, -0.1) is 0 Å². The van der Waals surface area contributed by atoms with E-state index in [-0.39, 0.29) is 17.9 Å². The lowest BCUT2D eigenvalue weighted by molar-refractivity contribution is -0.137. The average molecular weight is 466 g/mol. The highest BCUT2D eigenvalue weighted by molar-refractivity contribution is 6.18. The second-order valence-corrected chi connectivity index (χ2v) is 7.74. The predicted molar refractivity (Wildman–Crippen MR) is 123 cm³/mol. The molecule has 0 fully saturated rings. The van der Waals surface area contributed by atoms with Crippen molar-refractivity contribution in [1.29, 1.82) is 0 Å². The maximum Gasteiger partial charge on any atom is 0.416 e. The minimum Gasteiger partial charge on any atom is -0.325 e. The largest absolute Gasteiger partial charge is 0.416 e. The van der Waals surface area contributed by atoms with Gasteiger partial charge in [-0.3, -0.25) is 14.5 Å². The molecule has 0 atom stereocenters. The molecule has 34 heavy (non-hydrogen) atoms. The predicted octanol–water partition coefficient (Wildman–Crippen LogP) is 5.16. The summed E-state index contributed by atoms with van der Waals surface area (Å²) in [6.07, 6.45) is -2.22. The monoisotopic (exact) mass is 466 g/mol. The molecular weight excluding hydrogens is 445 g/mol. The van der Waals surface area contributed by atoms with Gasteiger partial charge in [0.15, 0.2) is 5.82 Å². The fourth-order valence-electron chi connectivity index (χ4n) is 3.61. The van der Waals surface area contributed by atoms with Gasteiger partial charge in [0.05, 0.1) is 17.7 Å². The van der Waals surface area contributed by atoms with Crippen LogP contribution in [0, 0.1) is 0 Å².